The van der Waals surface area contributed by atoms with E-state index in [0.717, 1.165) is 16.2 Å². The second-order valence-corrected chi connectivity index (χ2v) is 4.90. The van der Waals surface area contributed by atoms with E-state index >= 15 is 0 Å². The van der Waals surface area contributed by atoms with Crippen LogP contribution in [0.15, 0.2) is 53.4 Å². The van der Waals surface area contributed by atoms with Gasteiger partial charge in [0.2, 0.25) is 0 Å². The van der Waals surface area contributed by atoms with E-state index < -0.39 is 0 Å². The summed E-state index contributed by atoms with van der Waals surface area (Å²) in [6.45, 7) is 0. The molecule has 18 heavy (non-hydrogen) atoms. The number of thiocarbonyl (C=S) groups is 1. The van der Waals surface area contributed by atoms with Crippen LogP contribution in [0.4, 0.5) is 0 Å². The summed E-state index contributed by atoms with van der Waals surface area (Å²) in [7, 11) is 0. The predicted octanol–water partition coefficient (Wildman–Crippen LogP) is 3.84. The summed E-state index contributed by atoms with van der Waals surface area (Å²) in [5.74, 6) is 1.50. The molecule has 2 rings (SSSR count). The summed E-state index contributed by atoms with van der Waals surface area (Å²) in [4.78, 5) is 1.42. The Kier molecular flexibility index (Phi) is 4.23. The molecule has 2 N–H and O–H groups in total. The number of benzene rings is 2. The van der Waals surface area contributed by atoms with Gasteiger partial charge in [0.1, 0.15) is 16.5 Å². The summed E-state index contributed by atoms with van der Waals surface area (Å²) in [5.41, 5.74) is 6.44. The van der Waals surface area contributed by atoms with E-state index in [1.54, 1.807) is 11.8 Å². The van der Waals surface area contributed by atoms with E-state index in [0.29, 0.717) is 10.7 Å². The second kappa shape index (κ2) is 5.89. The van der Waals surface area contributed by atoms with Crippen molar-refractivity contribution in [2.24, 2.45) is 5.73 Å². The maximum absolute atomic E-state index is 5.90. The van der Waals surface area contributed by atoms with Crippen LogP contribution in [0.25, 0.3) is 0 Å². The largest absolute Gasteiger partial charge is 0.455 e. The maximum atomic E-state index is 5.90. The summed E-state index contributed by atoms with van der Waals surface area (Å²) < 4.78 is 5.90. The number of thioether (sulfide) groups is 1. The Hall–Kier alpha value is -1.52. The molecule has 0 unspecified atom stereocenters. The molecule has 0 fully saturated rings. The van der Waals surface area contributed by atoms with Crippen LogP contribution in [0.1, 0.15) is 5.56 Å². The molecule has 2 nitrogen and oxygen atoms in total. The van der Waals surface area contributed by atoms with Crippen molar-refractivity contribution in [2.45, 2.75) is 4.90 Å². The zero-order valence-corrected chi connectivity index (χ0v) is 11.6. The van der Waals surface area contributed by atoms with Gasteiger partial charge in [-0.05, 0) is 30.5 Å². The quantitative estimate of drug-likeness (QED) is 0.679. The lowest BCUT2D eigenvalue weighted by Gasteiger charge is -2.12. The Morgan fingerprint density at radius 1 is 1.06 bits per heavy atom. The van der Waals surface area contributed by atoms with Crippen LogP contribution in [0.5, 0.6) is 11.5 Å². The summed E-state index contributed by atoms with van der Waals surface area (Å²) in [6, 6.07) is 15.4. The molecule has 92 valence electrons. The fourth-order valence-corrected chi connectivity index (χ4v) is 2.27. The minimum Gasteiger partial charge on any atom is -0.455 e. The van der Waals surface area contributed by atoms with Crippen molar-refractivity contribution in [2.75, 3.05) is 6.26 Å². The van der Waals surface area contributed by atoms with Gasteiger partial charge in [-0.1, -0.05) is 36.5 Å². The molecule has 0 aromatic heterocycles. The normalized spacial score (nSPS) is 10.1. The van der Waals surface area contributed by atoms with Crippen LogP contribution in [0.2, 0.25) is 0 Å². The lowest BCUT2D eigenvalue weighted by Crippen LogP contribution is -2.10. The van der Waals surface area contributed by atoms with E-state index in [2.05, 4.69) is 0 Å². The second-order valence-electron chi connectivity index (χ2n) is 3.61. The molecule has 0 bridgehead atoms. The van der Waals surface area contributed by atoms with Crippen molar-refractivity contribution in [3.63, 3.8) is 0 Å². The van der Waals surface area contributed by atoms with Crippen LogP contribution in [-0.2, 0) is 0 Å². The van der Waals surface area contributed by atoms with Gasteiger partial charge >= 0.3 is 0 Å². The molecule has 0 aliphatic carbocycles. The monoisotopic (exact) mass is 275 g/mol. The van der Waals surface area contributed by atoms with Crippen molar-refractivity contribution in [1.82, 2.24) is 0 Å². The summed E-state index contributed by atoms with van der Waals surface area (Å²) in [5, 5.41) is 0. The van der Waals surface area contributed by atoms with Crippen LogP contribution in [0, 0.1) is 0 Å². The lowest BCUT2D eigenvalue weighted by molar-refractivity contribution is 0.470. The molecule has 0 aliphatic rings. The molecule has 0 radical (unpaired) electrons. The smallest absolute Gasteiger partial charge is 0.140 e. The van der Waals surface area contributed by atoms with Gasteiger partial charge in [0, 0.05) is 4.90 Å². The topological polar surface area (TPSA) is 35.2 Å². The van der Waals surface area contributed by atoms with Crippen molar-refractivity contribution >= 4 is 29.0 Å². The maximum Gasteiger partial charge on any atom is 0.140 e. The molecule has 2 aromatic rings. The van der Waals surface area contributed by atoms with E-state index in [-0.39, 0.29) is 0 Å². The molecule has 0 aliphatic heterocycles. The van der Waals surface area contributed by atoms with Crippen LogP contribution < -0.4 is 10.5 Å². The average Bonchev–Trinajstić information content (AvgIpc) is 2.40. The van der Waals surface area contributed by atoms with Gasteiger partial charge in [-0.25, -0.2) is 0 Å². The van der Waals surface area contributed by atoms with Crippen molar-refractivity contribution in [1.29, 1.82) is 0 Å². The first-order chi connectivity index (χ1) is 8.72. The molecule has 0 saturated carbocycles. The molecule has 0 spiro atoms. The fourth-order valence-electron chi connectivity index (χ4n) is 1.58. The van der Waals surface area contributed by atoms with E-state index in [1.807, 2.05) is 54.8 Å². The molecular weight excluding hydrogens is 262 g/mol. The molecule has 0 saturated heterocycles. The van der Waals surface area contributed by atoms with Gasteiger partial charge < -0.3 is 10.5 Å². The number of nitrogens with two attached hydrogens (primary N) is 1. The number of ether oxygens (including phenoxy) is 1. The third-order valence-electron chi connectivity index (χ3n) is 2.44. The lowest BCUT2D eigenvalue weighted by atomic mass is 10.2. The minimum atomic E-state index is 0.340. The standard InChI is InChI=1S/C14H13NOS2/c1-18-13-9-5-4-8-12(13)16-11-7-3-2-6-10(11)14(15)17/h2-9H,1H3,(H2,15,17). The zero-order valence-electron chi connectivity index (χ0n) is 9.92. The number of para-hydroxylation sites is 2. The molecule has 4 heteroatoms. The first-order valence-electron chi connectivity index (χ1n) is 5.42. The Bertz CT molecular complexity index is 569. The summed E-state index contributed by atoms with van der Waals surface area (Å²) >= 11 is 6.66. The fraction of sp³-hybridized carbons (Fsp3) is 0.0714. The number of hydrogen-bond acceptors (Lipinski definition) is 3. The van der Waals surface area contributed by atoms with Crippen molar-refractivity contribution < 1.29 is 4.74 Å². The van der Waals surface area contributed by atoms with Gasteiger partial charge in [0.25, 0.3) is 0 Å². The Balaban J connectivity index is 2.37. The third-order valence-corrected chi connectivity index (χ3v) is 3.44. The van der Waals surface area contributed by atoms with Crippen LogP contribution in [-0.4, -0.2) is 11.2 Å². The average molecular weight is 275 g/mol. The van der Waals surface area contributed by atoms with Crippen LogP contribution in [0.3, 0.4) is 0 Å². The number of rotatable bonds is 4. The van der Waals surface area contributed by atoms with Gasteiger partial charge in [0.05, 0.1) is 5.56 Å². The Labute approximate surface area is 116 Å². The highest BCUT2D eigenvalue weighted by Crippen LogP contribution is 2.32. The number of hydrogen-bond donors (Lipinski definition) is 1. The van der Waals surface area contributed by atoms with Gasteiger partial charge in [-0.2, -0.15) is 0 Å². The Morgan fingerprint density at radius 2 is 1.67 bits per heavy atom. The van der Waals surface area contributed by atoms with Gasteiger partial charge in [0.15, 0.2) is 0 Å². The van der Waals surface area contributed by atoms with Gasteiger partial charge in [-0.3, -0.25) is 0 Å². The molecule has 0 atom stereocenters. The highest BCUT2D eigenvalue weighted by Gasteiger charge is 2.08. The van der Waals surface area contributed by atoms with E-state index in [1.165, 1.54) is 0 Å². The van der Waals surface area contributed by atoms with E-state index in [4.69, 9.17) is 22.7 Å². The first-order valence-corrected chi connectivity index (χ1v) is 7.05. The van der Waals surface area contributed by atoms with Gasteiger partial charge in [-0.15, -0.1) is 11.8 Å². The predicted molar refractivity (Wildman–Crippen MR) is 80.6 cm³/mol. The van der Waals surface area contributed by atoms with E-state index in [9.17, 15) is 0 Å². The molecule has 0 amide bonds. The minimum absolute atomic E-state index is 0.340. The van der Waals surface area contributed by atoms with Crippen molar-refractivity contribution in [3.8, 4) is 11.5 Å². The van der Waals surface area contributed by atoms with Crippen LogP contribution >= 0.6 is 24.0 Å². The first kappa shape index (κ1) is 12.9. The Morgan fingerprint density at radius 3 is 2.33 bits per heavy atom. The highest BCUT2D eigenvalue weighted by atomic mass is 32.2. The third kappa shape index (κ3) is 2.83. The van der Waals surface area contributed by atoms with Crippen molar-refractivity contribution in [3.05, 3.63) is 54.1 Å². The molecule has 2 aromatic carbocycles. The molecule has 0 heterocycles. The molecular formula is C14H13NOS2. The highest BCUT2D eigenvalue weighted by molar-refractivity contribution is 7.98. The summed E-state index contributed by atoms with van der Waals surface area (Å²) in [6.07, 6.45) is 2.02. The SMILES string of the molecule is CSc1ccccc1Oc1ccccc1C(N)=S. The zero-order chi connectivity index (χ0) is 13.0.